The first kappa shape index (κ1) is 12.2. The summed E-state index contributed by atoms with van der Waals surface area (Å²) in [6.07, 6.45) is 0. The van der Waals surface area contributed by atoms with Crippen molar-refractivity contribution in [3.05, 3.63) is 28.8 Å². The molecule has 1 aliphatic rings. The molecule has 1 fully saturated rings. The van der Waals surface area contributed by atoms with Crippen molar-refractivity contribution in [3.8, 4) is 0 Å². The molecule has 0 radical (unpaired) electrons. The Morgan fingerprint density at radius 1 is 1.53 bits per heavy atom. The highest BCUT2D eigenvalue weighted by Gasteiger charge is 2.25. The van der Waals surface area contributed by atoms with Gasteiger partial charge in [-0.1, -0.05) is 17.7 Å². The Labute approximate surface area is 106 Å². The third kappa shape index (κ3) is 2.70. The maximum Gasteiger partial charge on any atom is 0.321 e. The summed E-state index contributed by atoms with van der Waals surface area (Å²) in [5, 5.41) is 6.63. The van der Waals surface area contributed by atoms with E-state index in [2.05, 4.69) is 10.6 Å². The Morgan fingerprint density at radius 2 is 2.24 bits per heavy atom. The van der Waals surface area contributed by atoms with Crippen LogP contribution in [0.5, 0.6) is 0 Å². The fourth-order valence-electron chi connectivity index (χ4n) is 1.60. The molecule has 92 valence electrons. The Balaban J connectivity index is 1.99. The molecule has 1 saturated heterocycles. The highest BCUT2D eigenvalue weighted by molar-refractivity contribution is 6.31. The number of anilines is 1. The zero-order valence-corrected chi connectivity index (χ0v) is 10.7. The van der Waals surface area contributed by atoms with Crippen LogP contribution in [0.15, 0.2) is 18.2 Å². The average molecular weight is 254 g/mol. The molecule has 0 spiro atoms. The van der Waals surface area contributed by atoms with Crippen LogP contribution < -0.4 is 10.6 Å². The topological polar surface area (TPSA) is 44.4 Å². The summed E-state index contributed by atoms with van der Waals surface area (Å²) in [7, 11) is 1.80. The predicted molar refractivity (Wildman–Crippen MR) is 69.6 cm³/mol. The Morgan fingerprint density at radius 3 is 2.76 bits per heavy atom. The number of hydrogen-bond acceptors (Lipinski definition) is 2. The van der Waals surface area contributed by atoms with Crippen LogP contribution in [0, 0.1) is 6.92 Å². The third-order valence-electron chi connectivity index (χ3n) is 3.05. The van der Waals surface area contributed by atoms with E-state index in [4.69, 9.17) is 11.6 Å². The standard InChI is InChI=1S/C12H16ClN3O/c1-8-3-4-9(5-11(8)13)15-12(17)16(2)10-6-14-7-10/h3-5,10,14H,6-7H2,1-2H3,(H,15,17). The Kier molecular flexibility index (Phi) is 3.54. The van der Waals surface area contributed by atoms with Gasteiger partial charge in [0.25, 0.3) is 0 Å². The number of carbonyl (C=O) groups excluding carboxylic acids is 1. The van der Waals surface area contributed by atoms with E-state index < -0.39 is 0 Å². The Hall–Kier alpha value is -1.26. The molecule has 0 unspecified atom stereocenters. The largest absolute Gasteiger partial charge is 0.322 e. The number of benzene rings is 1. The summed E-state index contributed by atoms with van der Waals surface area (Å²) in [5.41, 5.74) is 1.73. The van der Waals surface area contributed by atoms with Gasteiger partial charge in [-0.05, 0) is 24.6 Å². The molecule has 2 N–H and O–H groups in total. The molecule has 2 amide bonds. The lowest BCUT2D eigenvalue weighted by Gasteiger charge is -2.35. The zero-order valence-electron chi connectivity index (χ0n) is 9.96. The van der Waals surface area contributed by atoms with Crippen LogP contribution in [0.2, 0.25) is 5.02 Å². The van der Waals surface area contributed by atoms with Gasteiger partial charge in [0, 0.05) is 30.8 Å². The van der Waals surface area contributed by atoms with Crippen LogP contribution in [0.3, 0.4) is 0 Å². The van der Waals surface area contributed by atoms with Crippen LogP contribution in [-0.2, 0) is 0 Å². The number of aryl methyl sites for hydroxylation is 1. The number of likely N-dealkylation sites (N-methyl/N-ethyl adjacent to an activating group) is 1. The number of nitrogens with one attached hydrogen (secondary N) is 2. The van der Waals surface area contributed by atoms with E-state index in [1.165, 1.54) is 0 Å². The van der Waals surface area contributed by atoms with Gasteiger partial charge < -0.3 is 15.5 Å². The van der Waals surface area contributed by atoms with Gasteiger partial charge in [0.1, 0.15) is 0 Å². The molecule has 0 bridgehead atoms. The number of halogens is 1. The van der Waals surface area contributed by atoms with E-state index in [0.717, 1.165) is 24.3 Å². The number of nitrogens with zero attached hydrogens (tertiary/aromatic N) is 1. The SMILES string of the molecule is Cc1ccc(NC(=O)N(C)C2CNC2)cc1Cl. The first-order valence-electron chi connectivity index (χ1n) is 5.58. The van der Waals surface area contributed by atoms with E-state index in [1.807, 2.05) is 19.1 Å². The van der Waals surface area contributed by atoms with Crippen molar-refractivity contribution in [1.82, 2.24) is 10.2 Å². The van der Waals surface area contributed by atoms with Crippen molar-refractivity contribution >= 4 is 23.3 Å². The minimum absolute atomic E-state index is 0.101. The normalized spacial score (nSPS) is 15.2. The summed E-state index contributed by atoms with van der Waals surface area (Å²) in [6, 6.07) is 5.70. The number of hydrogen-bond donors (Lipinski definition) is 2. The molecule has 0 atom stereocenters. The Bertz CT molecular complexity index is 432. The van der Waals surface area contributed by atoms with Crippen molar-refractivity contribution in [2.45, 2.75) is 13.0 Å². The number of urea groups is 1. The summed E-state index contributed by atoms with van der Waals surface area (Å²) in [4.78, 5) is 13.6. The van der Waals surface area contributed by atoms with E-state index in [0.29, 0.717) is 5.02 Å². The molecule has 4 nitrogen and oxygen atoms in total. The molecule has 0 aliphatic carbocycles. The minimum atomic E-state index is -0.101. The molecule has 0 aromatic heterocycles. The van der Waals surface area contributed by atoms with Crippen LogP contribution in [0.4, 0.5) is 10.5 Å². The molecule has 1 aromatic rings. The van der Waals surface area contributed by atoms with Gasteiger partial charge in [-0.15, -0.1) is 0 Å². The van der Waals surface area contributed by atoms with E-state index in [1.54, 1.807) is 18.0 Å². The van der Waals surface area contributed by atoms with Crippen molar-refractivity contribution in [1.29, 1.82) is 0 Å². The van der Waals surface area contributed by atoms with Gasteiger partial charge in [-0.3, -0.25) is 0 Å². The fourth-order valence-corrected chi connectivity index (χ4v) is 1.78. The summed E-state index contributed by atoms with van der Waals surface area (Å²) < 4.78 is 0. The highest BCUT2D eigenvalue weighted by Crippen LogP contribution is 2.20. The molecule has 1 aromatic carbocycles. The number of amides is 2. The van der Waals surface area contributed by atoms with Crippen LogP contribution in [0.25, 0.3) is 0 Å². The van der Waals surface area contributed by atoms with Gasteiger partial charge in [0.2, 0.25) is 0 Å². The second-order valence-electron chi connectivity index (χ2n) is 4.32. The molecule has 2 rings (SSSR count). The quantitative estimate of drug-likeness (QED) is 0.848. The third-order valence-corrected chi connectivity index (χ3v) is 3.46. The maximum absolute atomic E-state index is 11.9. The van der Waals surface area contributed by atoms with Gasteiger partial charge in [0.15, 0.2) is 0 Å². The highest BCUT2D eigenvalue weighted by atomic mass is 35.5. The molecule has 1 aliphatic heterocycles. The van der Waals surface area contributed by atoms with Crippen LogP contribution >= 0.6 is 11.6 Å². The first-order chi connectivity index (χ1) is 8.08. The molecular weight excluding hydrogens is 238 g/mol. The van der Waals surface area contributed by atoms with Crippen molar-refractivity contribution in [2.24, 2.45) is 0 Å². The number of carbonyl (C=O) groups is 1. The lowest BCUT2D eigenvalue weighted by Crippen LogP contribution is -2.58. The van der Waals surface area contributed by atoms with Gasteiger partial charge in [-0.2, -0.15) is 0 Å². The lowest BCUT2D eigenvalue weighted by molar-refractivity contribution is 0.180. The molecule has 17 heavy (non-hydrogen) atoms. The molecule has 0 saturated carbocycles. The molecule has 5 heteroatoms. The molecule has 1 heterocycles. The first-order valence-corrected chi connectivity index (χ1v) is 5.96. The maximum atomic E-state index is 11.9. The summed E-state index contributed by atoms with van der Waals surface area (Å²) in [5.74, 6) is 0. The smallest absolute Gasteiger partial charge is 0.321 e. The van der Waals surface area contributed by atoms with Gasteiger partial charge in [0.05, 0.1) is 6.04 Å². The summed E-state index contributed by atoms with van der Waals surface area (Å²) >= 11 is 6.00. The van der Waals surface area contributed by atoms with Gasteiger partial charge >= 0.3 is 6.03 Å². The van der Waals surface area contributed by atoms with E-state index >= 15 is 0 Å². The monoisotopic (exact) mass is 253 g/mol. The van der Waals surface area contributed by atoms with Crippen molar-refractivity contribution in [2.75, 3.05) is 25.5 Å². The summed E-state index contributed by atoms with van der Waals surface area (Å²) in [6.45, 7) is 3.65. The van der Waals surface area contributed by atoms with Crippen LogP contribution in [0.1, 0.15) is 5.56 Å². The predicted octanol–water partition coefficient (Wildman–Crippen LogP) is 2.08. The number of rotatable bonds is 2. The lowest BCUT2D eigenvalue weighted by atomic mass is 10.1. The molecular formula is C12H16ClN3O. The van der Waals surface area contributed by atoms with E-state index in [-0.39, 0.29) is 12.1 Å². The zero-order chi connectivity index (χ0) is 12.4. The second kappa shape index (κ2) is 4.94. The second-order valence-corrected chi connectivity index (χ2v) is 4.72. The van der Waals surface area contributed by atoms with Crippen molar-refractivity contribution in [3.63, 3.8) is 0 Å². The fraction of sp³-hybridized carbons (Fsp3) is 0.417. The minimum Gasteiger partial charge on any atom is -0.322 e. The van der Waals surface area contributed by atoms with E-state index in [9.17, 15) is 4.79 Å². The van der Waals surface area contributed by atoms with Crippen molar-refractivity contribution < 1.29 is 4.79 Å². The average Bonchev–Trinajstić information content (AvgIpc) is 2.21. The van der Waals surface area contributed by atoms with Gasteiger partial charge in [-0.25, -0.2) is 4.79 Å². The van der Waals surface area contributed by atoms with Crippen LogP contribution in [-0.4, -0.2) is 37.1 Å².